The predicted octanol–water partition coefficient (Wildman–Crippen LogP) is 2.21. The molecule has 0 spiro atoms. The van der Waals surface area contributed by atoms with E-state index in [1.54, 1.807) is 0 Å². The molecule has 22 heavy (non-hydrogen) atoms. The molecule has 2 atom stereocenters. The quantitative estimate of drug-likeness (QED) is 0.711. The Morgan fingerprint density at radius 3 is 2.32 bits per heavy atom. The van der Waals surface area contributed by atoms with E-state index in [4.69, 9.17) is 6.42 Å². The molecule has 0 unspecified atom stereocenters. The van der Waals surface area contributed by atoms with Gasteiger partial charge in [-0.05, 0) is 17.9 Å². The number of carbonyl (C=O) groups excluding carboxylic acids is 1. The molecular weight excluding hydrogens is 272 g/mol. The topological polar surface area (TPSA) is 45.7 Å². The Balaban J connectivity index is 2.71. The van der Waals surface area contributed by atoms with Crippen molar-refractivity contribution in [3.63, 3.8) is 0 Å². The highest BCUT2D eigenvalue weighted by Gasteiger charge is 2.20. The fourth-order valence-corrected chi connectivity index (χ4v) is 2.53. The molecule has 0 saturated heterocycles. The summed E-state index contributed by atoms with van der Waals surface area (Å²) >= 11 is 0. The first-order valence-electron chi connectivity index (χ1n) is 8.12. The van der Waals surface area contributed by atoms with E-state index in [0.29, 0.717) is 24.9 Å². The second kappa shape index (κ2) is 9.27. The average molecular weight is 301 g/mol. The van der Waals surface area contributed by atoms with Crippen LogP contribution in [-0.4, -0.2) is 19.0 Å². The molecule has 0 aromatic heterocycles. The fourth-order valence-electron chi connectivity index (χ4n) is 2.53. The number of carbonyl (C=O) groups is 1. The molecule has 1 aromatic carbocycles. The van der Waals surface area contributed by atoms with Gasteiger partial charge in [0.05, 0.1) is 6.54 Å². The first-order chi connectivity index (χ1) is 10.5. The number of rotatable bonds is 8. The molecule has 0 aliphatic carbocycles. The molecule has 120 valence electrons. The molecule has 0 radical (unpaired) electrons. The summed E-state index contributed by atoms with van der Waals surface area (Å²) in [6.45, 7) is 9.52. The fraction of sp³-hybridized carbons (Fsp3) is 0.526. The van der Waals surface area contributed by atoms with Crippen molar-refractivity contribution in [1.29, 1.82) is 0 Å². The Labute approximate surface area is 134 Å². The van der Waals surface area contributed by atoms with E-state index in [0.717, 1.165) is 6.42 Å². The molecule has 3 N–H and O–H groups in total. The van der Waals surface area contributed by atoms with Gasteiger partial charge in [0.25, 0.3) is 5.91 Å². The van der Waals surface area contributed by atoms with Crippen LogP contribution >= 0.6 is 0 Å². The van der Waals surface area contributed by atoms with E-state index in [2.05, 4.69) is 68.5 Å². The average Bonchev–Trinajstić information content (AvgIpc) is 2.52. The molecule has 0 bridgehead atoms. The van der Waals surface area contributed by atoms with Crippen LogP contribution in [0.2, 0.25) is 0 Å². The molecule has 1 amide bonds. The second-order valence-corrected chi connectivity index (χ2v) is 6.17. The van der Waals surface area contributed by atoms with Crippen molar-refractivity contribution in [1.82, 2.24) is 5.32 Å². The van der Waals surface area contributed by atoms with Crippen LogP contribution in [0.1, 0.15) is 57.2 Å². The standard InChI is InChI=1S/C19H28N2O/c1-6-12-20-18(22)13-21-19(14(3)4)17-10-8-16(9-11-17)15(5)7-2/h1,8-11,14-15,19,21H,7,12-13H2,2-5H3,(H,20,22)/p+1/t15-,19-/m1/s1. The Kier molecular flexibility index (Phi) is 7.70. The van der Waals surface area contributed by atoms with Crippen molar-refractivity contribution in [2.24, 2.45) is 5.92 Å². The minimum Gasteiger partial charge on any atom is -0.340 e. The number of hydrogen-bond donors (Lipinski definition) is 2. The van der Waals surface area contributed by atoms with Gasteiger partial charge >= 0.3 is 0 Å². The maximum Gasteiger partial charge on any atom is 0.275 e. The molecule has 3 nitrogen and oxygen atoms in total. The van der Waals surface area contributed by atoms with Crippen molar-refractivity contribution < 1.29 is 10.1 Å². The van der Waals surface area contributed by atoms with Crippen molar-refractivity contribution in [2.75, 3.05) is 13.1 Å². The van der Waals surface area contributed by atoms with E-state index in [1.165, 1.54) is 11.1 Å². The molecule has 0 saturated carbocycles. The van der Waals surface area contributed by atoms with Crippen molar-refractivity contribution in [2.45, 2.75) is 46.1 Å². The van der Waals surface area contributed by atoms with Crippen LogP contribution < -0.4 is 10.6 Å². The van der Waals surface area contributed by atoms with Gasteiger partial charge in [0, 0.05) is 11.5 Å². The lowest BCUT2D eigenvalue weighted by Crippen LogP contribution is -2.88. The zero-order chi connectivity index (χ0) is 16.5. The Morgan fingerprint density at radius 1 is 1.23 bits per heavy atom. The van der Waals surface area contributed by atoms with Gasteiger partial charge < -0.3 is 10.6 Å². The Bertz CT molecular complexity index is 499. The van der Waals surface area contributed by atoms with E-state index in [-0.39, 0.29) is 11.9 Å². The minimum atomic E-state index is -0.0141. The van der Waals surface area contributed by atoms with E-state index in [9.17, 15) is 4.79 Å². The van der Waals surface area contributed by atoms with E-state index >= 15 is 0 Å². The summed E-state index contributed by atoms with van der Waals surface area (Å²) in [5.74, 6) is 3.44. The largest absolute Gasteiger partial charge is 0.340 e. The molecule has 0 aliphatic rings. The number of benzene rings is 1. The highest BCUT2D eigenvalue weighted by Crippen LogP contribution is 2.22. The molecule has 3 heteroatoms. The van der Waals surface area contributed by atoms with Gasteiger partial charge in [-0.1, -0.05) is 57.9 Å². The summed E-state index contributed by atoms with van der Waals surface area (Å²) in [7, 11) is 0. The SMILES string of the molecule is C#CCNC(=O)C[NH2+][C@@H](c1ccc([C@H](C)CC)cc1)C(C)C. The number of hydrogen-bond acceptors (Lipinski definition) is 1. The predicted molar refractivity (Wildman–Crippen MR) is 91.4 cm³/mol. The third-order valence-electron chi connectivity index (χ3n) is 4.17. The van der Waals surface area contributed by atoms with Gasteiger partial charge in [-0.2, -0.15) is 0 Å². The normalized spacial score (nSPS) is 13.5. The summed E-state index contributed by atoms with van der Waals surface area (Å²) in [5, 5.41) is 4.80. The summed E-state index contributed by atoms with van der Waals surface area (Å²) in [4.78, 5) is 11.7. The minimum absolute atomic E-state index is 0.0141. The summed E-state index contributed by atoms with van der Waals surface area (Å²) < 4.78 is 0. The first-order valence-corrected chi connectivity index (χ1v) is 8.12. The van der Waals surface area contributed by atoms with Crippen molar-refractivity contribution >= 4 is 5.91 Å². The molecular formula is C19H29N2O+. The third kappa shape index (κ3) is 5.54. The lowest BCUT2D eigenvalue weighted by atomic mass is 9.92. The van der Waals surface area contributed by atoms with Crippen LogP contribution in [0.5, 0.6) is 0 Å². The lowest BCUT2D eigenvalue weighted by molar-refractivity contribution is -0.692. The monoisotopic (exact) mass is 301 g/mol. The van der Waals surface area contributed by atoms with Crippen LogP contribution in [-0.2, 0) is 4.79 Å². The maximum atomic E-state index is 11.7. The van der Waals surface area contributed by atoms with Gasteiger partial charge in [-0.3, -0.25) is 4.79 Å². The zero-order valence-electron chi connectivity index (χ0n) is 14.2. The lowest BCUT2D eigenvalue weighted by Gasteiger charge is -2.20. The molecule has 1 aromatic rings. The number of quaternary nitrogens is 1. The van der Waals surface area contributed by atoms with Crippen molar-refractivity contribution in [3.05, 3.63) is 35.4 Å². The smallest absolute Gasteiger partial charge is 0.275 e. The Hall–Kier alpha value is -1.79. The Morgan fingerprint density at radius 2 is 1.82 bits per heavy atom. The molecule has 0 heterocycles. The van der Waals surface area contributed by atoms with Gasteiger partial charge in [-0.15, -0.1) is 6.42 Å². The zero-order valence-corrected chi connectivity index (χ0v) is 14.2. The highest BCUT2D eigenvalue weighted by molar-refractivity contribution is 5.76. The number of nitrogens with two attached hydrogens (primary N) is 1. The van der Waals surface area contributed by atoms with Crippen LogP contribution in [0.15, 0.2) is 24.3 Å². The first kappa shape index (κ1) is 18.3. The van der Waals surface area contributed by atoms with Crippen molar-refractivity contribution in [3.8, 4) is 12.3 Å². The third-order valence-corrected chi connectivity index (χ3v) is 4.17. The summed E-state index contributed by atoms with van der Waals surface area (Å²) in [5.41, 5.74) is 2.65. The van der Waals surface area contributed by atoms with E-state index < -0.39 is 0 Å². The van der Waals surface area contributed by atoms with Gasteiger partial charge in [-0.25, -0.2) is 0 Å². The van der Waals surface area contributed by atoms with E-state index in [1.807, 2.05) is 0 Å². The van der Waals surface area contributed by atoms with Crippen LogP contribution in [0.25, 0.3) is 0 Å². The highest BCUT2D eigenvalue weighted by atomic mass is 16.1. The number of nitrogens with one attached hydrogen (secondary N) is 1. The van der Waals surface area contributed by atoms with Crippen LogP contribution in [0, 0.1) is 18.3 Å². The van der Waals surface area contributed by atoms with Gasteiger partial charge in [0.2, 0.25) is 0 Å². The van der Waals surface area contributed by atoms with Gasteiger partial charge in [0.15, 0.2) is 6.54 Å². The maximum absolute atomic E-state index is 11.7. The summed E-state index contributed by atoms with van der Waals surface area (Å²) in [6.07, 6.45) is 6.29. The number of terminal acetylenes is 1. The summed E-state index contributed by atoms with van der Waals surface area (Å²) in [6, 6.07) is 9.10. The molecule has 0 aliphatic heterocycles. The molecule has 1 rings (SSSR count). The van der Waals surface area contributed by atoms with Gasteiger partial charge in [0.1, 0.15) is 6.04 Å². The molecule has 0 fully saturated rings. The number of amides is 1. The second-order valence-electron chi connectivity index (χ2n) is 6.17. The van der Waals surface area contributed by atoms with Crippen LogP contribution in [0.3, 0.4) is 0 Å². The van der Waals surface area contributed by atoms with Crippen LogP contribution in [0.4, 0.5) is 0 Å².